The number of fused-ring (bicyclic) bond motifs is 5. The van der Waals surface area contributed by atoms with Crippen LogP contribution in [-0.2, 0) is 0 Å². The molecule has 0 saturated heterocycles. The highest BCUT2D eigenvalue weighted by Gasteiger charge is 2.17. The van der Waals surface area contributed by atoms with Crippen molar-refractivity contribution in [1.29, 1.82) is 0 Å². The Balaban J connectivity index is 1.50. The summed E-state index contributed by atoms with van der Waals surface area (Å²) in [6, 6.07) is 24.5. The van der Waals surface area contributed by atoms with Crippen LogP contribution in [0.15, 0.2) is 150 Å². The molecule has 0 aliphatic carbocycles. The topological polar surface area (TPSA) is 13.1 Å². The van der Waals surface area contributed by atoms with E-state index in [1.165, 1.54) is 0 Å². The number of para-hydroxylation sites is 1. The number of benzene rings is 7. The number of furan rings is 1. The summed E-state index contributed by atoms with van der Waals surface area (Å²) in [5, 5.41) is 3.99. The first-order chi connectivity index (χ1) is 23.1. The Kier molecular flexibility index (Phi) is 3.29. The summed E-state index contributed by atoms with van der Waals surface area (Å²) in [5.74, 6) is 0. The van der Waals surface area contributed by atoms with E-state index in [1.807, 2.05) is 42.5 Å². The van der Waals surface area contributed by atoms with Crippen molar-refractivity contribution in [1.82, 2.24) is 0 Å². The minimum absolute atomic E-state index is 0.0566. The molecule has 0 amide bonds. The number of hydrogen-bond donors (Lipinski definition) is 0. The summed E-state index contributed by atoms with van der Waals surface area (Å²) >= 11 is 0. The summed E-state index contributed by atoms with van der Waals surface area (Å²) in [5.41, 5.74) is 3.29. The van der Waals surface area contributed by atoms with E-state index in [1.54, 1.807) is 48.5 Å². The molecule has 1 nitrogen and oxygen atoms in total. The Bertz CT molecular complexity index is 2590. The van der Waals surface area contributed by atoms with E-state index in [0.29, 0.717) is 49.4 Å². The van der Waals surface area contributed by atoms with Crippen molar-refractivity contribution in [3.8, 4) is 33.4 Å². The van der Waals surface area contributed by atoms with Crippen molar-refractivity contribution in [3.05, 3.63) is 145 Å². The van der Waals surface area contributed by atoms with E-state index in [0.717, 1.165) is 10.8 Å². The fourth-order valence-electron chi connectivity index (χ4n) is 5.54. The van der Waals surface area contributed by atoms with Gasteiger partial charge in [0, 0.05) is 10.8 Å². The lowest BCUT2D eigenvalue weighted by atomic mass is 9.85. The maximum atomic E-state index is 9.57. The van der Waals surface area contributed by atoms with Crippen molar-refractivity contribution >= 4 is 43.5 Å². The van der Waals surface area contributed by atoms with Crippen LogP contribution in [0, 0.1) is 0 Å². The monoisotopic (exact) mass is 505 g/mol. The first-order valence-corrected chi connectivity index (χ1v) is 12.6. The van der Waals surface area contributed by atoms with Gasteiger partial charge >= 0.3 is 0 Å². The maximum absolute atomic E-state index is 9.57. The van der Waals surface area contributed by atoms with Crippen molar-refractivity contribution in [2.45, 2.75) is 0 Å². The second-order valence-corrected chi connectivity index (χ2v) is 9.40. The molecule has 8 aromatic rings. The Morgan fingerprint density at radius 1 is 0.410 bits per heavy atom. The molecule has 1 heteroatoms. The number of hydrogen-bond acceptors (Lipinski definition) is 1. The lowest BCUT2D eigenvalue weighted by Crippen LogP contribution is -1.91. The van der Waals surface area contributed by atoms with Crippen molar-refractivity contribution in [2.24, 2.45) is 0 Å². The fourth-order valence-corrected chi connectivity index (χ4v) is 5.54. The molecule has 0 unspecified atom stereocenters. The molecule has 182 valence electrons. The first kappa shape index (κ1) is 14.7. The fraction of sp³-hybridized carbons (Fsp3) is 0. The molecule has 8 rings (SSSR count). The van der Waals surface area contributed by atoms with Gasteiger partial charge in [-0.1, -0.05) is 121 Å². The van der Waals surface area contributed by atoms with Crippen LogP contribution in [0.25, 0.3) is 76.9 Å². The molecule has 0 bridgehead atoms. The van der Waals surface area contributed by atoms with Gasteiger partial charge in [0.1, 0.15) is 11.2 Å². The normalized spacial score (nSPS) is 14.8. The van der Waals surface area contributed by atoms with E-state index in [-0.39, 0.29) is 52.9 Å². The smallest absolute Gasteiger partial charge is 0.135 e. The first-order valence-electron chi connectivity index (χ1n) is 17.1. The van der Waals surface area contributed by atoms with Gasteiger partial charge in [0.05, 0.1) is 12.3 Å². The van der Waals surface area contributed by atoms with Crippen LogP contribution in [-0.4, -0.2) is 0 Å². The van der Waals surface area contributed by atoms with Crippen molar-refractivity contribution in [2.75, 3.05) is 0 Å². The third kappa shape index (κ3) is 3.48. The predicted octanol–water partition coefficient (Wildman–Crippen LogP) is 10.9. The SMILES string of the molecule is [2H]c1c([2H])c([2H])c(-c2c3ccccc3c(-c3c([2H])c([2H])c([2H])c(-c4ccc5oc6ccccc6c5c4)c3[2H])c3ccccc23)c([2H])c1[2H]. The third-order valence-corrected chi connectivity index (χ3v) is 7.22. The van der Waals surface area contributed by atoms with Gasteiger partial charge in [-0.2, -0.15) is 0 Å². The second-order valence-electron chi connectivity index (χ2n) is 9.40. The maximum Gasteiger partial charge on any atom is 0.135 e. The molecule has 0 aliphatic heterocycles. The van der Waals surface area contributed by atoms with E-state index < -0.39 is 18.1 Å². The molecule has 39 heavy (non-hydrogen) atoms. The minimum Gasteiger partial charge on any atom is -0.456 e. The lowest BCUT2D eigenvalue weighted by Gasteiger charge is -2.18. The summed E-state index contributed by atoms with van der Waals surface area (Å²) in [4.78, 5) is 0. The molecular formula is C38H24O. The van der Waals surface area contributed by atoms with Crippen molar-refractivity contribution < 1.29 is 16.8 Å². The van der Waals surface area contributed by atoms with Gasteiger partial charge in [0.25, 0.3) is 0 Å². The van der Waals surface area contributed by atoms with Gasteiger partial charge in [-0.15, -0.1) is 0 Å². The quantitative estimate of drug-likeness (QED) is 0.218. The Morgan fingerprint density at radius 3 is 1.64 bits per heavy atom. The number of rotatable bonds is 3. The standard InChI is InChI=1S/C38H24O/c1-2-11-25(12-3-1)37-30-16-4-6-18-32(30)38(33-19-7-5-17-31(33)37)28-14-10-13-26(23-28)27-21-22-36-34(24-27)29-15-8-9-20-35(29)39-36/h1-24H/i1D,2D,3D,10D,11D,12D,13D,14D,23D. The van der Waals surface area contributed by atoms with Gasteiger partial charge in [-0.3, -0.25) is 0 Å². The van der Waals surface area contributed by atoms with Gasteiger partial charge in [0.2, 0.25) is 0 Å². The molecule has 0 fully saturated rings. The largest absolute Gasteiger partial charge is 0.456 e. The highest BCUT2D eigenvalue weighted by atomic mass is 16.3. The molecule has 0 radical (unpaired) electrons. The van der Waals surface area contributed by atoms with E-state index in [2.05, 4.69) is 0 Å². The van der Waals surface area contributed by atoms with Crippen LogP contribution < -0.4 is 0 Å². The summed E-state index contributed by atoms with van der Waals surface area (Å²) in [7, 11) is 0. The van der Waals surface area contributed by atoms with Crippen LogP contribution in [0.2, 0.25) is 0 Å². The zero-order valence-corrected chi connectivity index (χ0v) is 20.6. The summed E-state index contributed by atoms with van der Waals surface area (Å²) in [6.07, 6.45) is 0. The molecule has 0 spiro atoms. The van der Waals surface area contributed by atoms with E-state index in [4.69, 9.17) is 15.4 Å². The van der Waals surface area contributed by atoms with Crippen LogP contribution >= 0.6 is 0 Å². The highest BCUT2D eigenvalue weighted by molar-refractivity contribution is 6.21. The molecule has 0 N–H and O–H groups in total. The van der Waals surface area contributed by atoms with Gasteiger partial charge in [-0.05, 0) is 79.2 Å². The van der Waals surface area contributed by atoms with Crippen LogP contribution in [0.1, 0.15) is 12.3 Å². The second kappa shape index (κ2) is 8.72. The zero-order valence-electron chi connectivity index (χ0n) is 29.6. The van der Waals surface area contributed by atoms with Gasteiger partial charge < -0.3 is 4.42 Å². The minimum atomic E-state index is -0.482. The highest BCUT2D eigenvalue weighted by Crippen LogP contribution is 2.44. The zero-order chi connectivity index (χ0) is 33.6. The lowest BCUT2D eigenvalue weighted by molar-refractivity contribution is 0.669. The average Bonchev–Trinajstić information content (AvgIpc) is 3.48. The third-order valence-electron chi connectivity index (χ3n) is 7.22. The summed E-state index contributed by atoms with van der Waals surface area (Å²) in [6.45, 7) is 0. The molecule has 1 heterocycles. The van der Waals surface area contributed by atoms with Gasteiger partial charge in [-0.25, -0.2) is 0 Å². The molecular weight excluding hydrogens is 472 g/mol. The summed E-state index contributed by atoms with van der Waals surface area (Å²) < 4.78 is 85.0. The van der Waals surface area contributed by atoms with Gasteiger partial charge in [0.15, 0.2) is 0 Å². The molecule has 0 saturated carbocycles. The van der Waals surface area contributed by atoms with E-state index in [9.17, 15) is 1.37 Å². The van der Waals surface area contributed by atoms with Crippen molar-refractivity contribution in [3.63, 3.8) is 0 Å². The van der Waals surface area contributed by atoms with E-state index >= 15 is 0 Å². The van der Waals surface area contributed by atoms with Crippen LogP contribution in [0.4, 0.5) is 0 Å². The van der Waals surface area contributed by atoms with Crippen LogP contribution in [0.5, 0.6) is 0 Å². The average molecular weight is 506 g/mol. The Labute approximate surface area is 239 Å². The van der Waals surface area contributed by atoms with Crippen LogP contribution in [0.3, 0.4) is 0 Å². The molecule has 1 aromatic heterocycles. The molecule has 0 atom stereocenters. The molecule has 7 aromatic carbocycles. The Morgan fingerprint density at radius 2 is 0.949 bits per heavy atom. The Hall–Kier alpha value is -5.14. The molecule has 0 aliphatic rings. The predicted molar refractivity (Wildman–Crippen MR) is 165 cm³/mol.